The van der Waals surface area contributed by atoms with Gasteiger partial charge in [0.1, 0.15) is 0 Å². The van der Waals surface area contributed by atoms with Crippen LogP contribution in [0.2, 0.25) is 5.02 Å². The van der Waals surface area contributed by atoms with Gasteiger partial charge in [0, 0.05) is 24.8 Å². The molecular formula is C13H15ClN2OS. The van der Waals surface area contributed by atoms with Gasteiger partial charge in [-0.2, -0.15) is 0 Å². The molecular weight excluding hydrogens is 268 g/mol. The van der Waals surface area contributed by atoms with Gasteiger partial charge in [-0.3, -0.25) is 0 Å². The predicted molar refractivity (Wildman–Crippen MR) is 76.7 cm³/mol. The normalized spacial score (nSPS) is 19.5. The molecule has 2 heterocycles. The predicted octanol–water partition coefficient (Wildman–Crippen LogP) is 3.79. The largest absolute Gasteiger partial charge is 0.381 e. The Kier molecular flexibility index (Phi) is 3.68. The fourth-order valence-corrected chi connectivity index (χ4v) is 3.21. The zero-order valence-electron chi connectivity index (χ0n) is 9.99. The lowest BCUT2D eigenvalue weighted by Crippen LogP contribution is -2.08. The second-order valence-electron chi connectivity index (χ2n) is 4.58. The molecule has 1 aliphatic rings. The van der Waals surface area contributed by atoms with E-state index in [-0.39, 0.29) is 0 Å². The molecule has 0 radical (unpaired) electrons. The van der Waals surface area contributed by atoms with Crippen molar-refractivity contribution in [1.82, 2.24) is 4.98 Å². The lowest BCUT2D eigenvalue weighted by Gasteiger charge is -2.06. The van der Waals surface area contributed by atoms with Gasteiger partial charge in [0.15, 0.2) is 5.13 Å². The second-order valence-corrected chi connectivity index (χ2v) is 6.04. The summed E-state index contributed by atoms with van der Waals surface area (Å²) in [6.07, 6.45) is 2.34. The molecule has 1 N–H and O–H groups in total. The van der Waals surface area contributed by atoms with Gasteiger partial charge in [-0.25, -0.2) is 4.98 Å². The number of hydrogen-bond donors (Lipinski definition) is 1. The third-order valence-corrected chi connectivity index (χ3v) is 4.43. The smallest absolute Gasteiger partial charge is 0.183 e. The minimum atomic E-state index is 0.710. The number of aromatic nitrogens is 1. The Morgan fingerprint density at radius 1 is 1.50 bits per heavy atom. The van der Waals surface area contributed by atoms with E-state index in [1.807, 2.05) is 18.2 Å². The van der Waals surface area contributed by atoms with Gasteiger partial charge in [-0.1, -0.05) is 22.9 Å². The Morgan fingerprint density at radius 3 is 3.28 bits per heavy atom. The lowest BCUT2D eigenvalue weighted by molar-refractivity contribution is 0.185. The van der Waals surface area contributed by atoms with Crippen LogP contribution >= 0.6 is 22.9 Å². The summed E-state index contributed by atoms with van der Waals surface area (Å²) in [7, 11) is 0. The highest BCUT2D eigenvalue weighted by Crippen LogP contribution is 2.28. The van der Waals surface area contributed by atoms with Crippen LogP contribution in [0.15, 0.2) is 18.2 Å². The monoisotopic (exact) mass is 282 g/mol. The average Bonchev–Trinajstić information content (AvgIpc) is 2.97. The number of rotatable bonds is 4. The van der Waals surface area contributed by atoms with Crippen molar-refractivity contribution in [2.75, 3.05) is 25.1 Å². The van der Waals surface area contributed by atoms with Gasteiger partial charge in [0.05, 0.1) is 10.2 Å². The molecule has 1 aliphatic heterocycles. The summed E-state index contributed by atoms with van der Waals surface area (Å²) in [6.45, 7) is 2.79. The van der Waals surface area contributed by atoms with Gasteiger partial charge in [-0.05, 0) is 37.0 Å². The van der Waals surface area contributed by atoms with Crippen molar-refractivity contribution in [2.45, 2.75) is 12.8 Å². The highest BCUT2D eigenvalue weighted by molar-refractivity contribution is 7.22. The number of nitrogens with zero attached hydrogens (tertiary/aromatic N) is 1. The number of benzene rings is 1. The van der Waals surface area contributed by atoms with Crippen LogP contribution in [0.5, 0.6) is 0 Å². The van der Waals surface area contributed by atoms with Crippen molar-refractivity contribution in [1.29, 1.82) is 0 Å². The Bertz CT molecular complexity index is 537. The molecule has 0 aliphatic carbocycles. The van der Waals surface area contributed by atoms with Crippen LogP contribution in [-0.4, -0.2) is 24.7 Å². The highest BCUT2D eigenvalue weighted by Gasteiger charge is 2.15. The third kappa shape index (κ3) is 2.76. The Morgan fingerprint density at radius 2 is 2.44 bits per heavy atom. The summed E-state index contributed by atoms with van der Waals surface area (Å²) in [5.74, 6) is 0.710. The van der Waals surface area contributed by atoms with Gasteiger partial charge in [0.25, 0.3) is 0 Å². The highest BCUT2D eigenvalue weighted by atomic mass is 35.5. The zero-order valence-corrected chi connectivity index (χ0v) is 11.6. The number of fused-ring (bicyclic) bond motifs is 1. The van der Waals surface area contributed by atoms with E-state index in [1.165, 1.54) is 11.1 Å². The van der Waals surface area contributed by atoms with E-state index in [9.17, 15) is 0 Å². The maximum absolute atomic E-state index is 5.95. The number of halogens is 1. The molecule has 0 bridgehead atoms. The fraction of sp³-hybridized carbons (Fsp3) is 0.462. The summed E-state index contributed by atoms with van der Waals surface area (Å²) in [4.78, 5) is 4.53. The summed E-state index contributed by atoms with van der Waals surface area (Å²) < 4.78 is 6.54. The number of hydrogen-bond acceptors (Lipinski definition) is 4. The van der Waals surface area contributed by atoms with Crippen molar-refractivity contribution in [2.24, 2.45) is 5.92 Å². The van der Waals surface area contributed by atoms with E-state index in [2.05, 4.69) is 10.3 Å². The molecule has 5 heteroatoms. The van der Waals surface area contributed by atoms with E-state index < -0.39 is 0 Å². The van der Waals surface area contributed by atoms with Crippen LogP contribution < -0.4 is 5.32 Å². The van der Waals surface area contributed by atoms with E-state index >= 15 is 0 Å². The van der Waals surface area contributed by atoms with Crippen molar-refractivity contribution in [3.8, 4) is 0 Å². The second kappa shape index (κ2) is 5.43. The van der Waals surface area contributed by atoms with Crippen molar-refractivity contribution in [3.63, 3.8) is 0 Å². The molecule has 0 spiro atoms. The minimum absolute atomic E-state index is 0.710. The van der Waals surface area contributed by atoms with Crippen LogP contribution in [0.4, 0.5) is 5.13 Å². The molecule has 18 heavy (non-hydrogen) atoms. The molecule has 0 saturated carbocycles. The van der Waals surface area contributed by atoms with Gasteiger partial charge < -0.3 is 10.1 Å². The maximum Gasteiger partial charge on any atom is 0.183 e. The minimum Gasteiger partial charge on any atom is -0.381 e. The summed E-state index contributed by atoms with van der Waals surface area (Å²) in [5, 5.41) is 5.11. The number of nitrogens with one attached hydrogen (secondary N) is 1. The van der Waals surface area contributed by atoms with Crippen LogP contribution in [0, 0.1) is 5.92 Å². The summed E-state index contributed by atoms with van der Waals surface area (Å²) in [6, 6.07) is 5.83. The van der Waals surface area contributed by atoms with Crippen molar-refractivity contribution >= 4 is 38.3 Å². The fourth-order valence-electron chi connectivity index (χ4n) is 2.17. The van der Waals surface area contributed by atoms with Gasteiger partial charge in [0.2, 0.25) is 0 Å². The van der Waals surface area contributed by atoms with E-state index in [0.29, 0.717) is 5.92 Å². The molecule has 1 aromatic carbocycles. The average molecular weight is 283 g/mol. The first kappa shape index (κ1) is 12.2. The van der Waals surface area contributed by atoms with Crippen LogP contribution in [-0.2, 0) is 4.74 Å². The molecule has 96 valence electrons. The molecule has 1 atom stereocenters. The molecule has 0 amide bonds. The summed E-state index contributed by atoms with van der Waals surface area (Å²) in [5.41, 5.74) is 0.971. The molecule has 2 aromatic rings. The van der Waals surface area contributed by atoms with E-state index in [0.717, 1.165) is 41.9 Å². The topological polar surface area (TPSA) is 34.1 Å². The first-order chi connectivity index (χ1) is 8.81. The Hall–Kier alpha value is -0.840. The van der Waals surface area contributed by atoms with Crippen LogP contribution in [0.3, 0.4) is 0 Å². The zero-order chi connectivity index (χ0) is 12.4. The Labute approximate surface area is 115 Å². The molecule has 1 unspecified atom stereocenters. The number of anilines is 1. The maximum atomic E-state index is 5.95. The molecule has 1 saturated heterocycles. The molecule has 3 rings (SSSR count). The van der Waals surface area contributed by atoms with Gasteiger partial charge >= 0.3 is 0 Å². The molecule has 1 aromatic heterocycles. The van der Waals surface area contributed by atoms with Crippen LogP contribution in [0.25, 0.3) is 10.2 Å². The third-order valence-electron chi connectivity index (χ3n) is 3.20. The number of thiazole rings is 1. The Balaban J connectivity index is 1.60. The SMILES string of the molecule is Clc1ccc2sc(NCCC3CCOC3)nc2c1. The lowest BCUT2D eigenvalue weighted by atomic mass is 10.1. The van der Waals surface area contributed by atoms with E-state index in [1.54, 1.807) is 11.3 Å². The molecule has 3 nitrogen and oxygen atoms in total. The van der Waals surface area contributed by atoms with Crippen LogP contribution in [0.1, 0.15) is 12.8 Å². The summed E-state index contributed by atoms with van der Waals surface area (Å²) >= 11 is 7.63. The standard InChI is InChI=1S/C13H15ClN2OS/c14-10-1-2-12-11(7-10)16-13(18-12)15-5-3-9-4-6-17-8-9/h1-2,7,9H,3-6,8H2,(H,15,16). The number of ether oxygens (including phenoxy) is 1. The first-order valence-electron chi connectivity index (χ1n) is 6.19. The first-order valence-corrected chi connectivity index (χ1v) is 7.38. The van der Waals surface area contributed by atoms with Crippen molar-refractivity contribution < 1.29 is 4.74 Å². The van der Waals surface area contributed by atoms with Gasteiger partial charge in [-0.15, -0.1) is 0 Å². The van der Waals surface area contributed by atoms with E-state index in [4.69, 9.17) is 16.3 Å². The molecule has 1 fully saturated rings. The van der Waals surface area contributed by atoms with Crippen molar-refractivity contribution in [3.05, 3.63) is 23.2 Å². The quantitative estimate of drug-likeness (QED) is 0.926.